The smallest absolute Gasteiger partial charge is 0.139 e. The quantitative estimate of drug-likeness (QED) is 0.526. The van der Waals surface area contributed by atoms with Gasteiger partial charge in [-0.3, -0.25) is 0 Å². The summed E-state index contributed by atoms with van der Waals surface area (Å²) in [6.07, 6.45) is 2.11. The monoisotopic (exact) mass is 392 g/mol. The van der Waals surface area contributed by atoms with Crippen molar-refractivity contribution < 1.29 is 4.74 Å². The predicted octanol–water partition coefficient (Wildman–Crippen LogP) is 5.03. The van der Waals surface area contributed by atoms with Gasteiger partial charge in [0.25, 0.3) is 0 Å². The molecule has 0 spiro atoms. The van der Waals surface area contributed by atoms with Crippen molar-refractivity contribution in [2.24, 2.45) is 0 Å². The van der Waals surface area contributed by atoms with E-state index in [1.54, 1.807) is 0 Å². The molecule has 0 saturated carbocycles. The third-order valence-corrected chi connectivity index (χ3v) is 6.61. The number of aromatic nitrogens is 2. The van der Waals surface area contributed by atoms with Crippen LogP contribution in [0.25, 0.3) is 11.1 Å². The second kappa shape index (κ2) is 6.53. The van der Waals surface area contributed by atoms with Crippen molar-refractivity contribution in [2.45, 2.75) is 52.2 Å². The average Bonchev–Trinajstić information content (AvgIpc) is 2.79. The fraction of sp³-hybridized carbons (Fsp3) is 0.500. The Bertz CT molecular complexity index is 719. The summed E-state index contributed by atoms with van der Waals surface area (Å²) in [4.78, 5) is 0. The van der Waals surface area contributed by atoms with Crippen LogP contribution in [-0.4, -0.2) is 24.5 Å². The lowest BCUT2D eigenvalue weighted by molar-refractivity contribution is 0.0763. The van der Waals surface area contributed by atoms with Crippen LogP contribution in [0, 0.1) is 6.92 Å². The Morgan fingerprint density at radius 1 is 1.26 bits per heavy atom. The van der Waals surface area contributed by atoms with Gasteiger partial charge in [-0.15, -0.1) is 0 Å². The van der Waals surface area contributed by atoms with Crippen LogP contribution >= 0.6 is 15.9 Å². The highest BCUT2D eigenvalue weighted by atomic mass is 79.9. The molecule has 1 aromatic heterocycles. The van der Waals surface area contributed by atoms with Gasteiger partial charge in [-0.05, 0) is 49.1 Å². The standard InChI is InChI=1S/C18H25BrN2OSi/c1-13-18-16-7-6-15(19)11-14(16)5-8-17(18)21(20-13)12-22-9-10-23(2,3)4/h6-7,11H,5,8-10,12H2,1-4H3. The molecule has 0 saturated heterocycles. The van der Waals surface area contributed by atoms with Crippen molar-refractivity contribution in [3.8, 4) is 11.1 Å². The first-order chi connectivity index (χ1) is 10.8. The molecule has 0 N–H and O–H groups in total. The summed E-state index contributed by atoms with van der Waals surface area (Å²) in [6.45, 7) is 10.7. The second-order valence-electron chi connectivity index (χ2n) is 7.56. The SMILES string of the molecule is Cc1nn(COCC[Si](C)(C)C)c2c1-c1ccc(Br)cc1CC2. The van der Waals surface area contributed by atoms with Crippen LogP contribution in [0.1, 0.15) is 17.0 Å². The predicted molar refractivity (Wildman–Crippen MR) is 102 cm³/mol. The number of hydrogen-bond acceptors (Lipinski definition) is 2. The lowest BCUT2D eigenvalue weighted by atomic mass is 9.88. The fourth-order valence-electron chi connectivity index (χ4n) is 3.14. The van der Waals surface area contributed by atoms with E-state index in [1.165, 1.54) is 28.4 Å². The number of benzene rings is 1. The summed E-state index contributed by atoms with van der Waals surface area (Å²) in [5.41, 5.74) is 6.49. The summed E-state index contributed by atoms with van der Waals surface area (Å²) < 4.78 is 9.13. The van der Waals surface area contributed by atoms with E-state index in [4.69, 9.17) is 9.84 Å². The molecule has 1 aliphatic rings. The van der Waals surface area contributed by atoms with E-state index in [-0.39, 0.29) is 0 Å². The van der Waals surface area contributed by atoms with Crippen LogP contribution in [-0.2, 0) is 24.3 Å². The van der Waals surface area contributed by atoms with Gasteiger partial charge in [0, 0.05) is 30.4 Å². The minimum Gasteiger partial charge on any atom is -0.360 e. The third kappa shape index (κ3) is 3.78. The Morgan fingerprint density at radius 2 is 2.04 bits per heavy atom. The van der Waals surface area contributed by atoms with Gasteiger partial charge in [0.1, 0.15) is 6.73 Å². The molecule has 1 aromatic carbocycles. The van der Waals surface area contributed by atoms with E-state index in [0.717, 1.165) is 29.6 Å². The maximum Gasteiger partial charge on any atom is 0.139 e. The van der Waals surface area contributed by atoms with Gasteiger partial charge in [0.2, 0.25) is 0 Å². The molecule has 0 atom stereocenters. The Morgan fingerprint density at radius 3 is 2.78 bits per heavy atom. The van der Waals surface area contributed by atoms with E-state index in [1.807, 2.05) is 0 Å². The molecular weight excluding hydrogens is 368 g/mol. The van der Waals surface area contributed by atoms with Crippen LogP contribution in [0.3, 0.4) is 0 Å². The molecule has 124 valence electrons. The fourth-order valence-corrected chi connectivity index (χ4v) is 4.30. The minimum absolute atomic E-state index is 0.576. The van der Waals surface area contributed by atoms with E-state index < -0.39 is 8.07 Å². The number of nitrogens with zero attached hydrogens (tertiary/aromatic N) is 2. The Balaban J connectivity index is 1.79. The van der Waals surface area contributed by atoms with E-state index in [0.29, 0.717) is 6.73 Å². The second-order valence-corrected chi connectivity index (χ2v) is 14.1. The average molecular weight is 393 g/mol. The van der Waals surface area contributed by atoms with E-state index >= 15 is 0 Å². The molecule has 1 aliphatic carbocycles. The minimum atomic E-state index is -1.03. The highest BCUT2D eigenvalue weighted by Crippen LogP contribution is 2.37. The largest absolute Gasteiger partial charge is 0.360 e. The number of rotatable bonds is 5. The maximum absolute atomic E-state index is 5.91. The maximum atomic E-state index is 5.91. The summed E-state index contributed by atoms with van der Waals surface area (Å²) in [7, 11) is -1.03. The van der Waals surface area contributed by atoms with Crippen LogP contribution in [0.2, 0.25) is 25.7 Å². The molecule has 5 heteroatoms. The molecule has 0 amide bonds. The lowest BCUT2D eigenvalue weighted by Crippen LogP contribution is -2.22. The zero-order valence-corrected chi connectivity index (χ0v) is 17.0. The number of ether oxygens (including phenoxy) is 1. The van der Waals surface area contributed by atoms with Crippen molar-refractivity contribution in [3.63, 3.8) is 0 Å². The van der Waals surface area contributed by atoms with E-state index in [9.17, 15) is 0 Å². The van der Waals surface area contributed by atoms with Gasteiger partial charge in [-0.1, -0.05) is 41.6 Å². The summed E-state index contributed by atoms with van der Waals surface area (Å²) in [5, 5.41) is 4.74. The molecule has 0 bridgehead atoms. The number of aryl methyl sites for hydroxylation is 2. The number of fused-ring (bicyclic) bond motifs is 3. The molecule has 23 heavy (non-hydrogen) atoms. The van der Waals surface area contributed by atoms with Crippen molar-refractivity contribution in [3.05, 3.63) is 39.6 Å². The Labute approximate surface area is 148 Å². The van der Waals surface area contributed by atoms with Gasteiger partial charge < -0.3 is 4.74 Å². The molecule has 3 rings (SSSR count). The van der Waals surface area contributed by atoms with Gasteiger partial charge in [0.05, 0.1) is 5.69 Å². The highest BCUT2D eigenvalue weighted by Gasteiger charge is 2.23. The first-order valence-corrected chi connectivity index (χ1v) is 12.8. The molecule has 0 unspecified atom stereocenters. The van der Waals surface area contributed by atoms with E-state index in [2.05, 4.69) is 65.4 Å². The molecule has 0 radical (unpaired) electrons. The van der Waals surface area contributed by atoms with Crippen molar-refractivity contribution in [1.29, 1.82) is 0 Å². The first-order valence-electron chi connectivity index (χ1n) is 8.28. The van der Waals surface area contributed by atoms with Gasteiger partial charge in [0.15, 0.2) is 0 Å². The number of halogens is 1. The number of hydrogen-bond donors (Lipinski definition) is 0. The highest BCUT2D eigenvalue weighted by molar-refractivity contribution is 9.10. The topological polar surface area (TPSA) is 27.1 Å². The van der Waals surface area contributed by atoms with Crippen LogP contribution in [0.5, 0.6) is 0 Å². The Hall–Kier alpha value is -0.913. The zero-order valence-electron chi connectivity index (χ0n) is 14.4. The molecule has 0 aliphatic heterocycles. The van der Waals surface area contributed by atoms with Crippen LogP contribution < -0.4 is 0 Å². The molecule has 3 nitrogen and oxygen atoms in total. The van der Waals surface area contributed by atoms with Gasteiger partial charge in [-0.2, -0.15) is 5.10 Å². The van der Waals surface area contributed by atoms with Crippen LogP contribution in [0.15, 0.2) is 22.7 Å². The first kappa shape index (κ1) is 16.9. The van der Waals surface area contributed by atoms with Gasteiger partial charge >= 0.3 is 0 Å². The van der Waals surface area contributed by atoms with Crippen LogP contribution in [0.4, 0.5) is 0 Å². The molecule has 0 fully saturated rings. The Kier molecular flexibility index (Phi) is 4.81. The van der Waals surface area contributed by atoms with Crippen molar-refractivity contribution >= 4 is 24.0 Å². The lowest BCUT2D eigenvalue weighted by Gasteiger charge is -2.19. The third-order valence-electron chi connectivity index (χ3n) is 4.41. The summed E-state index contributed by atoms with van der Waals surface area (Å²) in [6, 6.07) is 7.77. The normalized spacial score (nSPS) is 13.8. The summed E-state index contributed by atoms with van der Waals surface area (Å²) >= 11 is 3.57. The molecular formula is C18H25BrN2OSi. The molecule has 1 heterocycles. The van der Waals surface area contributed by atoms with Crippen molar-refractivity contribution in [1.82, 2.24) is 9.78 Å². The van der Waals surface area contributed by atoms with Gasteiger partial charge in [-0.25, -0.2) is 4.68 Å². The molecule has 2 aromatic rings. The summed E-state index contributed by atoms with van der Waals surface area (Å²) in [5.74, 6) is 0. The van der Waals surface area contributed by atoms with Crippen molar-refractivity contribution in [2.75, 3.05) is 6.61 Å². The zero-order chi connectivity index (χ0) is 16.6.